The Morgan fingerprint density at radius 1 is 1.05 bits per heavy atom. The Bertz CT molecular complexity index is 732. The van der Waals surface area contributed by atoms with Gasteiger partial charge in [-0.2, -0.15) is 0 Å². The summed E-state index contributed by atoms with van der Waals surface area (Å²) in [5, 5.41) is 0.927. The fourth-order valence-corrected chi connectivity index (χ4v) is 2.27. The maximum Gasteiger partial charge on any atom is 0.324 e. The Labute approximate surface area is 127 Å². The van der Waals surface area contributed by atoms with Crippen LogP contribution in [-0.2, 0) is 19.1 Å². The molecule has 1 heterocycles. The molecule has 0 spiro atoms. The van der Waals surface area contributed by atoms with Gasteiger partial charge in [-0.05, 0) is 25.3 Å². The van der Waals surface area contributed by atoms with E-state index < -0.39 is 17.9 Å². The molecule has 0 atom stereocenters. The van der Waals surface area contributed by atoms with E-state index >= 15 is 0 Å². The lowest BCUT2D eigenvalue weighted by molar-refractivity contribution is -0.156. The van der Waals surface area contributed by atoms with Crippen LogP contribution < -0.4 is 5.56 Å². The average Bonchev–Trinajstić information content (AvgIpc) is 2.51. The van der Waals surface area contributed by atoms with Gasteiger partial charge in [0.25, 0.3) is 5.56 Å². The van der Waals surface area contributed by atoms with Gasteiger partial charge in [-0.25, -0.2) is 0 Å². The Morgan fingerprint density at radius 2 is 1.59 bits per heavy atom. The summed E-state index contributed by atoms with van der Waals surface area (Å²) in [6, 6.07) is 6.76. The molecule has 0 saturated heterocycles. The summed E-state index contributed by atoms with van der Waals surface area (Å²) < 4.78 is 9.95. The highest BCUT2D eigenvalue weighted by Crippen LogP contribution is 2.25. The highest BCUT2D eigenvalue weighted by molar-refractivity contribution is 6.04. The lowest BCUT2D eigenvalue weighted by atomic mass is 9.95. The molecule has 2 aromatic rings. The molecular formula is C16H17NO5. The lowest BCUT2D eigenvalue weighted by Gasteiger charge is -2.16. The van der Waals surface area contributed by atoms with Crippen molar-refractivity contribution in [2.75, 3.05) is 13.2 Å². The summed E-state index contributed by atoms with van der Waals surface area (Å²) in [5.74, 6) is -2.61. The van der Waals surface area contributed by atoms with Crippen molar-refractivity contribution in [2.45, 2.75) is 19.8 Å². The van der Waals surface area contributed by atoms with E-state index in [2.05, 4.69) is 4.98 Å². The largest absolute Gasteiger partial charge is 0.465 e. The van der Waals surface area contributed by atoms with Gasteiger partial charge in [-0.15, -0.1) is 0 Å². The molecule has 116 valence electrons. The van der Waals surface area contributed by atoms with Gasteiger partial charge >= 0.3 is 11.9 Å². The molecule has 0 saturated carbocycles. The van der Waals surface area contributed by atoms with Crippen LogP contribution in [0.15, 0.2) is 35.3 Å². The molecule has 0 aliphatic carbocycles. The van der Waals surface area contributed by atoms with Crippen molar-refractivity contribution < 1.29 is 19.1 Å². The molecular weight excluding hydrogens is 286 g/mol. The van der Waals surface area contributed by atoms with Gasteiger partial charge in [-0.3, -0.25) is 14.4 Å². The van der Waals surface area contributed by atoms with E-state index in [9.17, 15) is 14.4 Å². The summed E-state index contributed by atoms with van der Waals surface area (Å²) in [5.41, 5.74) is 0.0814. The third-order valence-electron chi connectivity index (χ3n) is 3.20. The number of aromatic nitrogens is 1. The van der Waals surface area contributed by atoms with Crippen LogP contribution in [0.4, 0.5) is 0 Å². The van der Waals surface area contributed by atoms with Crippen molar-refractivity contribution in [3.05, 3.63) is 46.4 Å². The first-order valence-corrected chi connectivity index (χ1v) is 7.03. The van der Waals surface area contributed by atoms with Crippen LogP contribution in [0.1, 0.15) is 25.3 Å². The number of H-pyrrole nitrogens is 1. The number of carbonyl (C=O) groups is 2. The Kier molecular flexibility index (Phi) is 4.93. The number of rotatable bonds is 5. The van der Waals surface area contributed by atoms with Crippen LogP contribution in [0.25, 0.3) is 10.8 Å². The highest BCUT2D eigenvalue weighted by Gasteiger charge is 2.33. The number of fused-ring (bicyclic) bond motifs is 1. The molecule has 22 heavy (non-hydrogen) atoms. The number of ether oxygens (including phenoxy) is 2. The molecule has 0 radical (unpaired) electrons. The first kappa shape index (κ1) is 15.8. The number of carbonyl (C=O) groups excluding carboxylic acids is 2. The van der Waals surface area contributed by atoms with Gasteiger partial charge in [0.05, 0.1) is 13.2 Å². The van der Waals surface area contributed by atoms with E-state index in [1.807, 2.05) is 0 Å². The summed E-state index contributed by atoms with van der Waals surface area (Å²) in [6.07, 6.45) is 1.36. The van der Waals surface area contributed by atoms with Gasteiger partial charge in [0, 0.05) is 17.1 Å². The Morgan fingerprint density at radius 3 is 2.14 bits per heavy atom. The van der Waals surface area contributed by atoms with Gasteiger partial charge in [-0.1, -0.05) is 18.2 Å². The van der Waals surface area contributed by atoms with Crippen LogP contribution in [-0.4, -0.2) is 30.1 Å². The zero-order chi connectivity index (χ0) is 16.1. The Balaban J connectivity index is 2.61. The molecule has 0 unspecified atom stereocenters. The topological polar surface area (TPSA) is 85.5 Å². The predicted octanol–water partition coefficient (Wildman–Crippen LogP) is 1.74. The summed E-state index contributed by atoms with van der Waals surface area (Å²) in [4.78, 5) is 38.7. The highest BCUT2D eigenvalue weighted by atomic mass is 16.6. The van der Waals surface area contributed by atoms with Gasteiger partial charge in [0.1, 0.15) is 0 Å². The molecule has 0 aliphatic rings. The van der Waals surface area contributed by atoms with Gasteiger partial charge < -0.3 is 14.5 Å². The van der Waals surface area contributed by atoms with E-state index in [4.69, 9.17) is 9.47 Å². The quantitative estimate of drug-likeness (QED) is 0.671. The summed E-state index contributed by atoms with van der Waals surface area (Å²) in [7, 11) is 0. The zero-order valence-corrected chi connectivity index (χ0v) is 12.4. The summed E-state index contributed by atoms with van der Waals surface area (Å²) >= 11 is 0. The van der Waals surface area contributed by atoms with Crippen LogP contribution in [0.5, 0.6) is 0 Å². The maximum atomic E-state index is 12.2. The fourth-order valence-electron chi connectivity index (χ4n) is 2.27. The van der Waals surface area contributed by atoms with Gasteiger partial charge in [0.2, 0.25) is 0 Å². The predicted molar refractivity (Wildman–Crippen MR) is 80.6 cm³/mol. The number of pyridine rings is 1. The minimum absolute atomic E-state index is 0.149. The normalized spacial score (nSPS) is 10.7. The number of nitrogens with one attached hydrogen (secondary N) is 1. The molecule has 0 aliphatic heterocycles. The molecule has 0 bridgehead atoms. The third-order valence-corrected chi connectivity index (χ3v) is 3.20. The average molecular weight is 303 g/mol. The number of benzene rings is 1. The van der Waals surface area contributed by atoms with E-state index in [1.165, 1.54) is 6.20 Å². The van der Waals surface area contributed by atoms with Crippen molar-refractivity contribution in [2.24, 2.45) is 0 Å². The molecule has 2 rings (SSSR count). The second-order valence-electron chi connectivity index (χ2n) is 4.56. The van der Waals surface area contributed by atoms with Crippen LogP contribution in [0.3, 0.4) is 0 Å². The minimum atomic E-state index is -1.22. The second-order valence-corrected chi connectivity index (χ2v) is 4.56. The van der Waals surface area contributed by atoms with Crippen LogP contribution in [0.2, 0.25) is 0 Å². The summed E-state index contributed by atoms with van der Waals surface area (Å²) in [6.45, 7) is 3.61. The minimum Gasteiger partial charge on any atom is -0.465 e. The van der Waals surface area contributed by atoms with E-state index in [1.54, 1.807) is 38.1 Å². The van der Waals surface area contributed by atoms with Crippen molar-refractivity contribution in [3.8, 4) is 0 Å². The van der Waals surface area contributed by atoms with Crippen molar-refractivity contribution >= 4 is 22.7 Å². The number of esters is 2. The van der Waals surface area contributed by atoms with E-state index in [-0.39, 0.29) is 18.8 Å². The molecule has 1 aromatic carbocycles. The fraction of sp³-hybridized carbons (Fsp3) is 0.312. The smallest absolute Gasteiger partial charge is 0.324 e. The van der Waals surface area contributed by atoms with Gasteiger partial charge in [0.15, 0.2) is 5.92 Å². The van der Waals surface area contributed by atoms with E-state index in [0.717, 1.165) is 0 Å². The molecule has 1 N–H and O–H groups in total. The standard InChI is InChI=1S/C16H17NO5/c1-3-21-15(19)13(16(20)22-4-2)12-9-17-14(18)11-8-6-5-7-10(11)12/h5-9,13H,3-4H2,1-2H3,(H,17,18). The zero-order valence-electron chi connectivity index (χ0n) is 12.4. The SMILES string of the molecule is CCOC(=O)C(C(=O)OCC)c1c[nH]c(=O)c2ccccc12. The maximum absolute atomic E-state index is 12.2. The first-order valence-electron chi connectivity index (χ1n) is 7.03. The van der Waals surface area contributed by atoms with Crippen LogP contribution in [0, 0.1) is 0 Å². The number of hydrogen-bond donors (Lipinski definition) is 1. The molecule has 0 fully saturated rings. The van der Waals surface area contributed by atoms with Crippen LogP contribution >= 0.6 is 0 Å². The monoisotopic (exact) mass is 303 g/mol. The second kappa shape index (κ2) is 6.89. The Hall–Kier alpha value is -2.63. The first-order chi connectivity index (χ1) is 10.6. The van der Waals surface area contributed by atoms with Crippen molar-refractivity contribution in [1.29, 1.82) is 0 Å². The molecule has 6 heteroatoms. The number of hydrogen-bond acceptors (Lipinski definition) is 5. The third kappa shape index (κ3) is 3.00. The van der Waals surface area contributed by atoms with E-state index in [0.29, 0.717) is 16.3 Å². The van der Waals surface area contributed by atoms with Crippen molar-refractivity contribution in [3.63, 3.8) is 0 Å². The lowest BCUT2D eigenvalue weighted by Crippen LogP contribution is -2.27. The molecule has 0 amide bonds. The van der Waals surface area contributed by atoms with Crippen molar-refractivity contribution in [1.82, 2.24) is 4.98 Å². The number of aromatic amines is 1. The molecule has 1 aromatic heterocycles. The molecule has 6 nitrogen and oxygen atoms in total.